The van der Waals surface area contributed by atoms with Gasteiger partial charge >= 0.3 is 0 Å². The number of nitrogens with zero attached hydrogens (tertiary/aromatic N) is 3. The Balaban J connectivity index is 1.63. The molecule has 1 amide bonds. The summed E-state index contributed by atoms with van der Waals surface area (Å²) in [4.78, 5) is 18.6. The highest BCUT2D eigenvalue weighted by Crippen LogP contribution is 2.52. The Labute approximate surface area is 129 Å². The zero-order valence-electron chi connectivity index (χ0n) is 12.8. The van der Waals surface area contributed by atoms with Crippen LogP contribution in [0.15, 0.2) is 5.16 Å². The molecule has 2 atom stereocenters. The van der Waals surface area contributed by atoms with E-state index in [1.807, 2.05) is 0 Å². The molecule has 1 saturated carbocycles. The van der Waals surface area contributed by atoms with Gasteiger partial charge in [-0.3, -0.25) is 4.79 Å². The minimum atomic E-state index is 0.190. The van der Waals surface area contributed by atoms with Crippen LogP contribution in [0.4, 0.5) is 5.95 Å². The summed E-state index contributed by atoms with van der Waals surface area (Å²) in [5.74, 6) is 0.857. The quantitative estimate of drug-likeness (QED) is 0.833. The van der Waals surface area contributed by atoms with Gasteiger partial charge < -0.3 is 10.6 Å². The van der Waals surface area contributed by atoms with Crippen molar-refractivity contribution >= 4 is 23.6 Å². The van der Waals surface area contributed by atoms with E-state index in [1.165, 1.54) is 18.2 Å². The molecule has 1 aromatic heterocycles. The second kappa shape index (κ2) is 4.90. The Morgan fingerprint density at radius 1 is 1.48 bits per heavy atom. The summed E-state index contributed by atoms with van der Waals surface area (Å²) in [5, 5.41) is 7.07. The summed E-state index contributed by atoms with van der Waals surface area (Å²) in [6.45, 7) is 7.83. The maximum absolute atomic E-state index is 12.5. The number of amides is 1. The molecule has 1 aliphatic carbocycles. The highest BCUT2D eigenvalue weighted by Gasteiger charge is 2.50. The van der Waals surface area contributed by atoms with Gasteiger partial charge in [-0.15, -0.1) is 5.10 Å². The second-order valence-corrected chi connectivity index (χ2v) is 8.47. The highest BCUT2D eigenvalue weighted by atomic mass is 32.2. The number of nitrogens with two attached hydrogens (primary N) is 1. The largest absolute Gasteiger partial charge is 0.368 e. The van der Waals surface area contributed by atoms with Gasteiger partial charge in [0, 0.05) is 12.6 Å². The zero-order valence-corrected chi connectivity index (χ0v) is 13.7. The highest BCUT2D eigenvalue weighted by molar-refractivity contribution is 7.99. The fraction of sp³-hybridized carbons (Fsp3) is 0.786. The SMILES string of the molecule is CC1(C)C[C@@H]2C[C@@](C)(CN2C(=O)CSc2n[nH]c(N)n2)C1. The van der Waals surface area contributed by atoms with Gasteiger partial charge in [0.25, 0.3) is 0 Å². The molecule has 1 saturated heterocycles. The van der Waals surface area contributed by atoms with E-state index in [0.717, 1.165) is 19.4 Å². The van der Waals surface area contributed by atoms with Crippen LogP contribution in [0.25, 0.3) is 0 Å². The molecule has 3 rings (SSSR count). The maximum atomic E-state index is 12.5. The van der Waals surface area contributed by atoms with Crippen molar-refractivity contribution in [2.24, 2.45) is 10.8 Å². The molecule has 2 bridgehead atoms. The first-order valence-electron chi connectivity index (χ1n) is 7.37. The lowest BCUT2D eigenvalue weighted by atomic mass is 9.65. The number of carbonyl (C=O) groups is 1. The van der Waals surface area contributed by atoms with Crippen LogP contribution < -0.4 is 5.73 Å². The Morgan fingerprint density at radius 2 is 2.24 bits per heavy atom. The Kier molecular flexibility index (Phi) is 3.43. The van der Waals surface area contributed by atoms with E-state index in [1.54, 1.807) is 0 Å². The van der Waals surface area contributed by atoms with E-state index in [-0.39, 0.29) is 17.3 Å². The molecular formula is C14H23N5OS. The molecule has 2 aliphatic rings. The van der Waals surface area contributed by atoms with Gasteiger partial charge in [-0.2, -0.15) is 4.98 Å². The van der Waals surface area contributed by atoms with Crippen LogP contribution in [-0.4, -0.2) is 44.3 Å². The number of fused-ring (bicyclic) bond motifs is 2. The first-order valence-corrected chi connectivity index (χ1v) is 8.35. The molecule has 0 aromatic carbocycles. The van der Waals surface area contributed by atoms with E-state index in [2.05, 4.69) is 40.9 Å². The van der Waals surface area contributed by atoms with Crippen molar-refractivity contribution in [2.75, 3.05) is 18.0 Å². The molecule has 2 heterocycles. The summed E-state index contributed by atoms with van der Waals surface area (Å²) in [7, 11) is 0. The molecular weight excluding hydrogens is 286 g/mol. The number of likely N-dealkylation sites (tertiary alicyclic amines) is 1. The number of rotatable bonds is 3. The van der Waals surface area contributed by atoms with Crippen molar-refractivity contribution < 1.29 is 4.79 Å². The normalized spacial score (nSPS) is 30.6. The number of H-pyrrole nitrogens is 1. The standard InChI is InChI=1S/C14H23N5OS/c1-13(2)4-9-5-14(3,7-13)8-19(9)10(20)6-21-12-16-11(15)17-18-12/h9H,4-8H2,1-3H3,(H3,15,16,17,18)/t9-,14-/m1/s1. The van der Waals surface area contributed by atoms with Gasteiger partial charge in [0.15, 0.2) is 0 Å². The maximum Gasteiger partial charge on any atom is 0.233 e. The van der Waals surface area contributed by atoms with E-state index in [0.29, 0.717) is 22.4 Å². The van der Waals surface area contributed by atoms with Crippen LogP contribution in [-0.2, 0) is 4.79 Å². The Hall–Kier alpha value is -1.24. The predicted octanol–water partition coefficient (Wildman–Crippen LogP) is 1.91. The lowest BCUT2D eigenvalue weighted by Gasteiger charge is -2.39. The Bertz CT molecular complexity index is 557. The first kappa shape index (κ1) is 14.7. The molecule has 0 radical (unpaired) electrons. The average molecular weight is 309 g/mol. The Morgan fingerprint density at radius 3 is 2.90 bits per heavy atom. The predicted molar refractivity (Wildman–Crippen MR) is 82.8 cm³/mol. The van der Waals surface area contributed by atoms with Crippen LogP contribution in [0, 0.1) is 10.8 Å². The molecule has 6 nitrogen and oxygen atoms in total. The van der Waals surface area contributed by atoms with Crippen molar-refractivity contribution in [3.05, 3.63) is 0 Å². The molecule has 116 valence electrons. The number of hydrogen-bond acceptors (Lipinski definition) is 5. The van der Waals surface area contributed by atoms with Crippen molar-refractivity contribution in [1.29, 1.82) is 0 Å². The minimum Gasteiger partial charge on any atom is -0.368 e. The lowest BCUT2D eigenvalue weighted by molar-refractivity contribution is -0.129. The van der Waals surface area contributed by atoms with Gasteiger partial charge in [0.05, 0.1) is 5.75 Å². The van der Waals surface area contributed by atoms with Crippen molar-refractivity contribution in [3.8, 4) is 0 Å². The fourth-order valence-electron chi connectivity index (χ4n) is 4.28. The van der Waals surface area contributed by atoms with Gasteiger partial charge in [-0.05, 0) is 30.1 Å². The van der Waals surface area contributed by atoms with Crippen LogP contribution in [0.3, 0.4) is 0 Å². The molecule has 0 spiro atoms. The number of carbonyl (C=O) groups excluding carboxylic acids is 1. The number of aromatic amines is 1. The van der Waals surface area contributed by atoms with Crippen molar-refractivity contribution in [2.45, 2.75) is 51.2 Å². The third-order valence-corrected chi connectivity index (χ3v) is 5.37. The molecule has 0 unspecified atom stereocenters. The van der Waals surface area contributed by atoms with E-state index in [9.17, 15) is 4.79 Å². The molecule has 1 aromatic rings. The van der Waals surface area contributed by atoms with E-state index >= 15 is 0 Å². The minimum absolute atomic E-state index is 0.190. The van der Waals surface area contributed by atoms with Gasteiger partial charge in [0.1, 0.15) is 0 Å². The van der Waals surface area contributed by atoms with Gasteiger partial charge in [-0.1, -0.05) is 32.5 Å². The van der Waals surface area contributed by atoms with Crippen LogP contribution in [0.1, 0.15) is 40.0 Å². The fourth-order valence-corrected chi connectivity index (χ4v) is 4.97. The smallest absolute Gasteiger partial charge is 0.233 e. The van der Waals surface area contributed by atoms with Crippen LogP contribution >= 0.6 is 11.8 Å². The monoisotopic (exact) mass is 309 g/mol. The summed E-state index contributed by atoms with van der Waals surface area (Å²) < 4.78 is 0. The van der Waals surface area contributed by atoms with E-state index < -0.39 is 0 Å². The second-order valence-electron chi connectivity index (χ2n) is 7.53. The van der Waals surface area contributed by atoms with Crippen LogP contribution in [0.5, 0.6) is 0 Å². The number of nitrogen functional groups attached to an aromatic ring is 1. The third-order valence-electron chi connectivity index (χ3n) is 4.54. The van der Waals surface area contributed by atoms with Crippen LogP contribution in [0.2, 0.25) is 0 Å². The topological polar surface area (TPSA) is 87.9 Å². The van der Waals surface area contributed by atoms with Gasteiger partial charge in [-0.25, -0.2) is 5.10 Å². The molecule has 2 fully saturated rings. The summed E-state index contributed by atoms with van der Waals surface area (Å²) in [5.41, 5.74) is 6.10. The number of thioether (sulfide) groups is 1. The number of aromatic nitrogens is 3. The summed E-state index contributed by atoms with van der Waals surface area (Å²) in [6, 6.07) is 0.393. The average Bonchev–Trinajstić information content (AvgIpc) is 2.86. The number of hydrogen-bond donors (Lipinski definition) is 2. The molecule has 1 aliphatic heterocycles. The van der Waals surface area contributed by atoms with Crippen molar-refractivity contribution in [3.63, 3.8) is 0 Å². The summed E-state index contributed by atoms with van der Waals surface area (Å²) >= 11 is 1.34. The zero-order chi connectivity index (χ0) is 15.3. The lowest BCUT2D eigenvalue weighted by Crippen LogP contribution is -2.38. The molecule has 7 heteroatoms. The number of nitrogens with one attached hydrogen (secondary N) is 1. The van der Waals surface area contributed by atoms with E-state index in [4.69, 9.17) is 5.73 Å². The molecule has 3 N–H and O–H groups in total. The van der Waals surface area contributed by atoms with Crippen molar-refractivity contribution in [1.82, 2.24) is 20.1 Å². The number of anilines is 1. The first-order chi connectivity index (χ1) is 9.76. The third kappa shape index (κ3) is 3.02. The summed E-state index contributed by atoms with van der Waals surface area (Å²) in [6.07, 6.45) is 3.44. The molecule has 21 heavy (non-hydrogen) atoms. The van der Waals surface area contributed by atoms with Gasteiger partial charge in [0.2, 0.25) is 17.0 Å².